The third-order valence-corrected chi connectivity index (χ3v) is 5.65. The number of amides is 1. The van der Waals surface area contributed by atoms with E-state index in [1.54, 1.807) is 67.8 Å². The standard InChI is InChI=1S/C26H22N2O6/c1-33-20-9-7-17(8-10-20)22-21(23(29)18-11-13-27-14-12-18)24(30)25(31)28(22)15-16-3-5-19(6-4-16)26(32)34-2/h3-14,22,29H,15H2,1-2H3/b23-21+. The molecule has 2 aromatic carbocycles. The Morgan fingerprint density at radius 3 is 2.18 bits per heavy atom. The van der Waals surface area contributed by atoms with Crippen molar-refractivity contribution in [3.63, 3.8) is 0 Å². The second-order valence-corrected chi connectivity index (χ2v) is 7.62. The van der Waals surface area contributed by atoms with Gasteiger partial charge in [0.25, 0.3) is 11.7 Å². The third kappa shape index (κ3) is 4.25. The summed E-state index contributed by atoms with van der Waals surface area (Å²) in [5, 5.41) is 11.0. The molecule has 0 saturated carbocycles. The fraction of sp³-hybridized carbons (Fsp3) is 0.154. The van der Waals surface area contributed by atoms with Crippen LogP contribution in [0.15, 0.2) is 78.6 Å². The van der Waals surface area contributed by atoms with Gasteiger partial charge in [0.1, 0.15) is 11.5 Å². The van der Waals surface area contributed by atoms with Crippen molar-refractivity contribution in [2.45, 2.75) is 12.6 Å². The van der Waals surface area contributed by atoms with Gasteiger partial charge in [-0.15, -0.1) is 0 Å². The first kappa shape index (κ1) is 22.7. The highest BCUT2D eigenvalue weighted by atomic mass is 16.5. The van der Waals surface area contributed by atoms with E-state index in [4.69, 9.17) is 9.47 Å². The Labute approximate surface area is 196 Å². The Kier molecular flexibility index (Phi) is 6.40. The first-order chi connectivity index (χ1) is 16.4. The van der Waals surface area contributed by atoms with Crippen molar-refractivity contribution in [3.05, 3.63) is 101 Å². The Bertz CT molecular complexity index is 1250. The van der Waals surface area contributed by atoms with E-state index in [2.05, 4.69) is 4.98 Å². The monoisotopic (exact) mass is 458 g/mol. The lowest BCUT2D eigenvalue weighted by Crippen LogP contribution is -2.29. The summed E-state index contributed by atoms with van der Waals surface area (Å²) in [5.41, 5.74) is 2.10. The summed E-state index contributed by atoms with van der Waals surface area (Å²) in [5.74, 6) is -1.63. The molecule has 1 aromatic heterocycles. The number of hydrogen-bond donors (Lipinski definition) is 1. The zero-order chi connectivity index (χ0) is 24.2. The second kappa shape index (κ2) is 9.58. The van der Waals surface area contributed by atoms with Crippen LogP contribution in [0.2, 0.25) is 0 Å². The largest absolute Gasteiger partial charge is 0.507 e. The average molecular weight is 458 g/mol. The summed E-state index contributed by atoms with van der Waals surface area (Å²) < 4.78 is 9.95. The number of carbonyl (C=O) groups is 3. The van der Waals surface area contributed by atoms with Crippen molar-refractivity contribution in [1.82, 2.24) is 9.88 Å². The maximum absolute atomic E-state index is 13.1. The third-order valence-electron chi connectivity index (χ3n) is 5.65. The number of esters is 1. The highest BCUT2D eigenvalue weighted by Gasteiger charge is 2.46. The van der Waals surface area contributed by atoms with Crippen molar-refractivity contribution in [3.8, 4) is 5.75 Å². The van der Waals surface area contributed by atoms with Crippen molar-refractivity contribution in [1.29, 1.82) is 0 Å². The van der Waals surface area contributed by atoms with E-state index in [0.717, 1.165) is 0 Å². The molecule has 1 aliphatic rings. The van der Waals surface area contributed by atoms with Crippen LogP contribution in [0.4, 0.5) is 0 Å². The minimum absolute atomic E-state index is 0.00690. The molecule has 1 fully saturated rings. The molecule has 0 radical (unpaired) electrons. The smallest absolute Gasteiger partial charge is 0.337 e. The van der Waals surface area contributed by atoms with E-state index >= 15 is 0 Å². The number of Topliss-reactive ketones (excluding diaryl/α,β-unsaturated/α-hetero) is 1. The molecule has 0 spiro atoms. The molecule has 1 unspecified atom stereocenters. The fourth-order valence-corrected chi connectivity index (χ4v) is 3.90. The van der Waals surface area contributed by atoms with E-state index < -0.39 is 23.7 Å². The van der Waals surface area contributed by atoms with E-state index in [1.807, 2.05) is 0 Å². The molecule has 34 heavy (non-hydrogen) atoms. The van der Waals surface area contributed by atoms with Crippen molar-refractivity contribution < 1.29 is 29.0 Å². The molecule has 0 bridgehead atoms. The molecule has 1 aliphatic heterocycles. The summed E-state index contributed by atoms with van der Waals surface area (Å²) >= 11 is 0. The molecule has 8 nitrogen and oxygen atoms in total. The Balaban J connectivity index is 1.78. The first-order valence-corrected chi connectivity index (χ1v) is 10.4. The minimum Gasteiger partial charge on any atom is -0.507 e. The second-order valence-electron chi connectivity index (χ2n) is 7.62. The van der Waals surface area contributed by atoms with Gasteiger partial charge in [-0.2, -0.15) is 0 Å². The van der Waals surface area contributed by atoms with Gasteiger partial charge in [0.2, 0.25) is 0 Å². The number of methoxy groups -OCH3 is 2. The van der Waals surface area contributed by atoms with E-state index in [9.17, 15) is 19.5 Å². The topological polar surface area (TPSA) is 106 Å². The number of hydrogen-bond acceptors (Lipinski definition) is 7. The minimum atomic E-state index is -0.820. The maximum Gasteiger partial charge on any atom is 0.337 e. The van der Waals surface area contributed by atoms with Gasteiger partial charge in [0.15, 0.2) is 0 Å². The number of likely N-dealkylation sites (tertiary alicyclic amines) is 1. The first-order valence-electron chi connectivity index (χ1n) is 10.4. The van der Waals surface area contributed by atoms with Gasteiger partial charge in [-0.25, -0.2) is 4.79 Å². The normalized spacial score (nSPS) is 17.0. The predicted octanol–water partition coefficient (Wildman–Crippen LogP) is 3.50. The Morgan fingerprint density at radius 2 is 1.59 bits per heavy atom. The highest BCUT2D eigenvalue weighted by Crippen LogP contribution is 2.40. The molecule has 1 saturated heterocycles. The number of ketones is 1. The number of ether oxygens (including phenoxy) is 2. The molecule has 1 atom stereocenters. The van der Waals surface area contributed by atoms with Gasteiger partial charge in [-0.3, -0.25) is 14.6 Å². The molecule has 2 heterocycles. The number of nitrogens with zero attached hydrogens (tertiary/aromatic N) is 2. The van der Waals surface area contributed by atoms with Gasteiger partial charge < -0.3 is 19.5 Å². The lowest BCUT2D eigenvalue weighted by atomic mass is 9.95. The van der Waals surface area contributed by atoms with Crippen molar-refractivity contribution in [2.75, 3.05) is 14.2 Å². The van der Waals surface area contributed by atoms with Gasteiger partial charge in [0.05, 0.1) is 31.4 Å². The van der Waals surface area contributed by atoms with Gasteiger partial charge in [-0.1, -0.05) is 24.3 Å². The number of aromatic nitrogens is 1. The lowest BCUT2D eigenvalue weighted by molar-refractivity contribution is -0.140. The number of pyridine rings is 1. The molecule has 172 valence electrons. The van der Waals surface area contributed by atoms with Gasteiger partial charge >= 0.3 is 5.97 Å². The van der Waals surface area contributed by atoms with E-state index in [1.165, 1.54) is 24.4 Å². The number of benzene rings is 2. The maximum atomic E-state index is 13.1. The van der Waals surface area contributed by atoms with Gasteiger partial charge in [-0.05, 0) is 47.5 Å². The summed E-state index contributed by atoms with van der Waals surface area (Å²) in [6.07, 6.45) is 2.99. The zero-order valence-electron chi connectivity index (χ0n) is 18.6. The molecule has 0 aliphatic carbocycles. The lowest BCUT2D eigenvalue weighted by Gasteiger charge is -2.25. The van der Waals surface area contributed by atoms with Crippen molar-refractivity contribution in [2.24, 2.45) is 0 Å². The van der Waals surface area contributed by atoms with Crippen LogP contribution in [0.25, 0.3) is 5.76 Å². The van der Waals surface area contributed by atoms with Crippen LogP contribution in [0.1, 0.15) is 33.1 Å². The van der Waals surface area contributed by atoms with Crippen LogP contribution in [0.5, 0.6) is 5.75 Å². The quantitative estimate of drug-likeness (QED) is 0.261. The SMILES string of the molecule is COC(=O)c1ccc(CN2C(=O)C(=O)/C(=C(/O)c3ccncc3)C2c2ccc(OC)cc2)cc1. The van der Waals surface area contributed by atoms with Crippen LogP contribution in [-0.4, -0.2) is 46.9 Å². The Morgan fingerprint density at radius 1 is 0.941 bits per heavy atom. The summed E-state index contributed by atoms with van der Waals surface area (Å²) in [6, 6.07) is 15.9. The van der Waals surface area contributed by atoms with E-state index in [0.29, 0.717) is 28.0 Å². The summed E-state index contributed by atoms with van der Waals surface area (Å²) in [6.45, 7) is 0.0931. The Hall–Kier alpha value is -4.46. The number of aliphatic hydroxyl groups excluding tert-OH is 1. The van der Waals surface area contributed by atoms with Crippen molar-refractivity contribution >= 4 is 23.4 Å². The van der Waals surface area contributed by atoms with Crippen LogP contribution < -0.4 is 4.74 Å². The molecule has 4 rings (SSSR count). The summed E-state index contributed by atoms with van der Waals surface area (Å²) in [4.78, 5) is 43.3. The number of rotatable bonds is 6. The molecule has 1 amide bonds. The fourth-order valence-electron chi connectivity index (χ4n) is 3.90. The predicted molar refractivity (Wildman–Crippen MR) is 123 cm³/mol. The van der Waals surface area contributed by atoms with E-state index in [-0.39, 0.29) is 17.9 Å². The molecule has 8 heteroatoms. The zero-order valence-corrected chi connectivity index (χ0v) is 18.6. The van der Waals surface area contributed by atoms with Gasteiger partial charge in [0, 0.05) is 24.5 Å². The average Bonchev–Trinajstić information content (AvgIpc) is 3.13. The summed E-state index contributed by atoms with van der Waals surface area (Å²) in [7, 11) is 2.84. The molecule has 3 aromatic rings. The van der Waals surface area contributed by atoms with Crippen LogP contribution in [0, 0.1) is 0 Å². The molecular formula is C26H22N2O6. The number of aliphatic hydroxyl groups is 1. The van der Waals surface area contributed by atoms with Crippen LogP contribution in [0.3, 0.4) is 0 Å². The molecule has 1 N–H and O–H groups in total. The molecular weight excluding hydrogens is 436 g/mol. The van der Waals surface area contributed by atoms with Crippen LogP contribution in [-0.2, 0) is 20.9 Å². The number of carbonyl (C=O) groups excluding carboxylic acids is 3. The van der Waals surface area contributed by atoms with Crippen LogP contribution >= 0.6 is 0 Å². The highest BCUT2D eigenvalue weighted by molar-refractivity contribution is 6.46.